The minimum Gasteiger partial charge on any atom is -0.383 e. The molecule has 0 spiro atoms. The summed E-state index contributed by atoms with van der Waals surface area (Å²) in [7, 11) is 0. The molecule has 1 atom stereocenters. The van der Waals surface area contributed by atoms with Gasteiger partial charge in [0.05, 0.1) is 11.4 Å². The van der Waals surface area contributed by atoms with Gasteiger partial charge in [-0.25, -0.2) is 0 Å². The average molecular weight is 498 g/mol. The summed E-state index contributed by atoms with van der Waals surface area (Å²) < 4.78 is -1.83. The highest BCUT2D eigenvalue weighted by Crippen LogP contribution is 2.31. The highest BCUT2D eigenvalue weighted by Gasteiger charge is 2.34. The lowest BCUT2D eigenvalue weighted by atomic mass is 10.0. The zero-order valence-corrected chi connectivity index (χ0v) is 19.9. The number of carbonyl (C=O) groups is 1. The van der Waals surface area contributed by atoms with Gasteiger partial charge in [0.25, 0.3) is 0 Å². The van der Waals surface area contributed by atoms with Crippen LogP contribution in [0.3, 0.4) is 0 Å². The Kier molecular flexibility index (Phi) is 8.06. The summed E-state index contributed by atoms with van der Waals surface area (Å²) in [5.41, 5.74) is 5.02. The van der Waals surface area contributed by atoms with Crippen molar-refractivity contribution in [2.24, 2.45) is 0 Å². The fraction of sp³-hybridized carbons (Fsp3) is 0.273. The predicted molar refractivity (Wildman–Crippen MR) is 135 cm³/mol. The molecule has 164 valence electrons. The number of aryl methyl sites for hydroxylation is 2. The molecule has 3 rings (SSSR count). The topological polar surface area (TPSA) is 65.2 Å². The summed E-state index contributed by atoms with van der Waals surface area (Å²) in [5, 5.41) is 12.3. The van der Waals surface area contributed by atoms with Gasteiger partial charge in [0.2, 0.25) is 9.70 Å². The Labute approximate surface area is 202 Å². The Balaban J connectivity index is 1.66. The van der Waals surface area contributed by atoms with Crippen LogP contribution in [0.1, 0.15) is 23.1 Å². The lowest BCUT2D eigenvalue weighted by Gasteiger charge is -2.28. The van der Waals surface area contributed by atoms with E-state index < -0.39 is 15.9 Å². The van der Waals surface area contributed by atoms with Crippen LogP contribution in [0.5, 0.6) is 0 Å². The lowest BCUT2D eigenvalue weighted by Crippen LogP contribution is -2.55. The molecule has 1 aliphatic heterocycles. The van der Waals surface area contributed by atoms with Crippen LogP contribution < -0.4 is 21.3 Å². The van der Waals surface area contributed by atoms with Crippen LogP contribution in [0.2, 0.25) is 0 Å². The van der Waals surface area contributed by atoms with E-state index in [-0.39, 0.29) is 5.11 Å². The van der Waals surface area contributed by atoms with Crippen molar-refractivity contribution in [1.29, 1.82) is 0 Å². The predicted octanol–water partition coefficient (Wildman–Crippen LogP) is 5.17. The maximum absolute atomic E-state index is 12.4. The number of hydrogen-bond donors (Lipinski definition) is 4. The van der Waals surface area contributed by atoms with Crippen LogP contribution in [0.15, 0.2) is 48.5 Å². The number of carbonyl (C=O) groups excluding carboxylic acids is 1. The van der Waals surface area contributed by atoms with Gasteiger partial charge < -0.3 is 21.3 Å². The lowest BCUT2D eigenvalue weighted by molar-refractivity contribution is -0.117. The minimum absolute atomic E-state index is 0.222. The number of nitrogens with one attached hydrogen (secondary N) is 4. The Hall–Kier alpha value is -1.99. The molecule has 9 heteroatoms. The second-order valence-corrected chi connectivity index (χ2v) is 9.92. The van der Waals surface area contributed by atoms with Gasteiger partial charge in [0.15, 0.2) is 5.11 Å². The van der Waals surface area contributed by atoms with Crippen LogP contribution in [0, 0.1) is 6.92 Å². The van der Waals surface area contributed by atoms with Crippen molar-refractivity contribution in [3.8, 4) is 0 Å². The second kappa shape index (κ2) is 10.6. The maximum atomic E-state index is 12.4. The van der Waals surface area contributed by atoms with E-state index >= 15 is 0 Å². The Morgan fingerprint density at radius 3 is 2.68 bits per heavy atom. The van der Waals surface area contributed by atoms with E-state index in [1.807, 2.05) is 43.3 Å². The second-order valence-electron chi connectivity index (χ2n) is 7.14. The third-order valence-corrected chi connectivity index (χ3v) is 5.69. The van der Waals surface area contributed by atoms with Crippen LogP contribution in [-0.2, 0) is 11.2 Å². The van der Waals surface area contributed by atoms with Gasteiger partial charge in [-0.15, -0.1) is 0 Å². The number of hydrogen-bond acceptors (Lipinski definition) is 3. The van der Waals surface area contributed by atoms with Crippen molar-refractivity contribution in [2.75, 3.05) is 17.2 Å². The summed E-state index contributed by atoms with van der Waals surface area (Å²) >= 11 is 23.6. The Morgan fingerprint density at radius 1 is 1.16 bits per heavy atom. The fourth-order valence-electron chi connectivity index (χ4n) is 3.23. The quantitative estimate of drug-likeness (QED) is 0.199. The molecule has 0 saturated heterocycles. The molecular formula is C22H23Cl3N4OS. The molecule has 0 aromatic heterocycles. The molecule has 5 nitrogen and oxygen atoms in total. The Bertz CT molecular complexity index is 991. The Morgan fingerprint density at radius 2 is 1.94 bits per heavy atom. The molecule has 1 unspecified atom stereocenters. The number of benzene rings is 2. The van der Waals surface area contributed by atoms with Crippen molar-refractivity contribution in [1.82, 2.24) is 10.6 Å². The number of anilines is 2. The van der Waals surface area contributed by atoms with Crippen molar-refractivity contribution in [3.63, 3.8) is 0 Å². The molecule has 1 aliphatic rings. The van der Waals surface area contributed by atoms with Gasteiger partial charge in [-0.3, -0.25) is 4.79 Å². The third-order valence-electron chi connectivity index (χ3n) is 4.82. The monoisotopic (exact) mass is 496 g/mol. The third kappa shape index (κ3) is 6.74. The molecular weight excluding hydrogens is 475 g/mol. The molecule has 0 radical (unpaired) electrons. The number of amides is 1. The van der Waals surface area contributed by atoms with Gasteiger partial charge in [0, 0.05) is 12.6 Å². The van der Waals surface area contributed by atoms with E-state index in [1.54, 1.807) is 6.08 Å². The molecule has 1 heterocycles. The van der Waals surface area contributed by atoms with Crippen molar-refractivity contribution >= 4 is 75.5 Å². The van der Waals surface area contributed by atoms with Gasteiger partial charge in [-0.05, 0) is 60.8 Å². The normalized spacial score (nSPS) is 14.3. The standard InChI is InChI=1S/C22H23Cl3N4OS/c1-14-6-2-3-7-15(14)11-12-18(30)28-20(22(23,24)25)29-21(31)27-17-10-4-8-16-9-5-13-26-19(16)17/h2-4,6-8,10-12,20,26H,5,9,13H2,1H3,(H,28,30)(H2,27,29,31)/b12-11+. The van der Waals surface area contributed by atoms with E-state index in [9.17, 15) is 4.79 Å². The molecule has 0 aliphatic carbocycles. The number of halogens is 3. The highest BCUT2D eigenvalue weighted by molar-refractivity contribution is 7.80. The zero-order valence-electron chi connectivity index (χ0n) is 16.8. The summed E-state index contributed by atoms with van der Waals surface area (Å²) in [4.78, 5) is 12.4. The molecule has 0 bridgehead atoms. The first-order valence-corrected chi connectivity index (χ1v) is 11.3. The average Bonchev–Trinajstić information content (AvgIpc) is 2.72. The van der Waals surface area contributed by atoms with E-state index in [0.29, 0.717) is 0 Å². The van der Waals surface area contributed by atoms with Gasteiger partial charge in [0.1, 0.15) is 6.17 Å². The van der Waals surface area contributed by atoms with Gasteiger partial charge in [-0.2, -0.15) is 0 Å². The molecule has 31 heavy (non-hydrogen) atoms. The van der Waals surface area contributed by atoms with Crippen LogP contribution in [0.4, 0.5) is 11.4 Å². The first kappa shape index (κ1) is 23.7. The van der Waals surface area contributed by atoms with Crippen molar-refractivity contribution < 1.29 is 4.79 Å². The summed E-state index contributed by atoms with van der Waals surface area (Å²) in [5.74, 6) is -0.423. The van der Waals surface area contributed by atoms with Crippen molar-refractivity contribution in [3.05, 3.63) is 65.2 Å². The molecule has 2 aromatic rings. The van der Waals surface area contributed by atoms with E-state index in [4.69, 9.17) is 47.0 Å². The summed E-state index contributed by atoms with van der Waals surface area (Å²) in [6.07, 6.45) is 4.13. The maximum Gasteiger partial charge on any atom is 0.245 e. The van der Waals surface area contributed by atoms with Gasteiger partial charge in [-0.1, -0.05) is 71.2 Å². The molecule has 0 saturated carbocycles. The number of para-hydroxylation sites is 1. The van der Waals surface area contributed by atoms with E-state index in [1.165, 1.54) is 11.6 Å². The zero-order chi connectivity index (χ0) is 22.4. The van der Waals surface area contributed by atoms with Gasteiger partial charge >= 0.3 is 0 Å². The van der Waals surface area contributed by atoms with E-state index in [0.717, 1.165) is 41.9 Å². The number of rotatable bonds is 5. The molecule has 0 fully saturated rings. The molecule has 1 amide bonds. The SMILES string of the molecule is Cc1ccccc1/C=C/C(=O)NC(NC(=S)Nc1cccc2c1NCCC2)C(Cl)(Cl)Cl. The molecule has 2 aromatic carbocycles. The summed E-state index contributed by atoms with van der Waals surface area (Å²) in [6, 6.07) is 13.7. The number of thiocarbonyl (C=S) groups is 1. The fourth-order valence-corrected chi connectivity index (χ4v) is 3.79. The van der Waals surface area contributed by atoms with Crippen LogP contribution >= 0.6 is 47.0 Å². The first-order valence-electron chi connectivity index (χ1n) is 9.78. The van der Waals surface area contributed by atoms with Crippen molar-refractivity contribution in [2.45, 2.75) is 29.7 Å². The number of alkyl halides is 3. The van der Waals surface area contributed by atoms with Crippen LogP contribution in [0.25, 0.3) is 6.08 Å². The smallest absolute Gasteiger partial charge is 0.245 e. The highest BCUT2D eigenvalue weighted by atomic mass is 35.6. The largest absolute Gasteiger partial charge is 0.383 e. The minimum atomic E-state index is -1.83. The van der Waals surface area contributed by atoms with Crippen LogP contribution in [-0.4, -0.2) is 27.5 Å². The first-order chi connectivity index (χ1) is 14.7. The molecule has 4 N–H and O–H groups in total. The summed E-state index contributed by atoms with van der Waals surface area (Å²) in [6.45, 7) is 2.86. The number of fused-ring (bicyclic) bond motifs is 1. The van der Waals surface area contributed by atoms with E-state index in [2.05, 4.69) is 27.3 Å².